The molecule has 1 atom stereocenters. The Bertz CT molecular complexity index is 1130. The molecule has 1 aromatic heterocycles. The number of likely N-dealkylation sites (tertiary alicyclic amines) is 1. The number of morpholine rings is 1. The second kappa shape index (κ2) is 12.2. The lowest BCUT2D eigenvalue weighted by molar-refractivity contribution is -0.140. The first-order chi connectivity index (χ1) is 17.9. The molecule has 1 aromatic carbocycles. The number of ketones is 1. The summed E-state index contributed by atoms with van der Waals surface area (Å²) >= 11 is 0. The van der Waals surface area contributed by atoms with Crippen LogP contribution in [0, 0.1) is 5.92 Å². The molecule has 1 amide bonds. The number of Topliss-reactive ketones (excluding diaryl/α,β-unsaturated/α-hetero) is 1. The van der Waals surface area contributed by atoms with Crippen LogP contribution in [0.25, 0.3) is 5.76 Å². The first kappa shape index (κ1) is 26.6. The summed E-state index contributed by atoms with van der Waals surface area (Å²) in [5.74, 6) is 0.0263. The van der Waals surface area contributed by atoms with Gasteiger partial charge in [-0.1, -0.05) is 19.9 Å². The second-order valence-electron chi connectivity index (χ2n) is 9.62. The van der Waals surface area contributed by atoms with Crippen molar-refractivity contribution in [2.24, 2.45) is 5.92 Å². The first-order valence-electron chi connectivity index (χ1n) is 12.7. The van der Waals surface area contributed by atoms with Crippen LogP contribution < -0.4 is 9.47 Å². The minimum absolute atomic E-state index is 0.0497. The average Bonchev–Trinajstić information content (AvgIpc) is 3.17. The van der Waals surface area contributed by atoms with E-state index in [9.17, 15) is 14.7 Å². The van der Waals surface area contributed by atoms with Crippen molar-refractivity contribution in [2.75, 3.05) is 53.1 Å². The Labute approximate surface area is 217 Å². The van der Waals surface area contributed by atoms with Crippen LogP contribution in [0.5, 0.6) is 11.5 Å². The number of pyridine rings is 1. The van der Waals surface area contributed by atoms with Gasteiger partial charge in [0.15, 0.2) is 11.5 Å². The van der Waals surface area contributed by atoms with Crippen LogP contribution in [0.3, 0.4) is 0 Å². The highest BCUT2D eigenvalue weighted by atomic mass is 16.5. The van der Waals surface area contributed by atoms with Crippen molar-refractivity contribution in [1.29, 1.82) is 0 Å². The van der Waals surface area contributed by atoms with Crippen molar-refractivity contribution in [3.05, 3.63) is 59.4 Å². The second-order valence-corrected chi connectivity index (χ2v) is 9.62. The highest BCUT2D eigenvalue weighted by Crippen LogP contribution is 2.42. The molecule has 2 fully saturated rings. The monoisotopic (exact) mass is 509 g/mol. The van der Waals surface area contributed by atoms with Gasteiger partial charge in [-0.25, -0.2) is 0 Å². The molecule has 0 saturated carbocycles. The number of nitrogens with zero attached hydrogens (tertiary/aromatic N) is 3. The number of benzene rings is 1. The standard InChI is InChI=1S/C28H35N3O6/c1-19(2)8-15-37-22-5-4-21(18-23(22)35-3)25-24(26(32)20-6-9-29-10-7-20)27(33)28(34)31(25)12-11-30-13-16-36-17-14-30/h4-7,9-10,18-19,25,32H,8,11-17H2,1-3H3. The van der Waals surface area contributed by atoms with Gasteiger partial charge in [-0.05, 0) is 42.2 Å². The lowest BCUT2D eigenvalue weighted by Gasteiger charge is -2.31. The van der Waals surface area contributed by atoms with Gasteiger partial charge < -0.3 is 24.2 Å². The van der Waals surface area contributed by atoms with Crippen LogP contribution in [0.4, 0.5) is 0 Å². The van der Waals surface area contributed by atoms with Crippen molar-refractivity contribution in [1.82, 2.24) is 14.8 Å². The molecule has 9 nitrogen and oxygen atoms in total. The molecule has 2 aromatic rings. The van der Waals surface area contributed by atoms with Crippen LogP contribution >= 0.6 is 0 Å². The van der Waals surface area contributed by atoms with Gasteiger partial charge in [0, 0.05) is 44.1 Å². The topological polar surface area (TPSA) is 101 Å². The fraction of sp³-hybridized carbons (Fsp3) is 0.464. The Morgan fingerprint density at radius 2 is 1.84 bits per heavy atom. The van der Waals surface area contributed by atoms with Gasteiger partial charge >= 0.3 is 0 Å². The largest absolute Gasteiger partial charge is 0.507 e. The SMILES string of the molecule is COc1cc(C2C(=C(O)c3ccncc3)C(=O)C(=O)N2CCN2CCOCC2)ccc1OCCC(C)C. The van der Waals surface area contributed by atoms with Crippen molar-refractivity contribution >= 4 is 17.4 Å². The number of aromatic nitrogens is 1. The molecule has 0 bridgehead atoms. The smallest absolute Gasteiger partial charge is 0.295 e. The molecule has 2 aliphatic heterocycles. The third-order valence-electron chi connectivity index (χ3n) is 6.71. The number of carbonyl (C=O) groups excluding carboxylic acids is 2. The molecular formula is C28H35N3O6. The van der Waals surface area contributed by atoms with Gasteiger partial charge in [0.1, 0.15) is 5.76 Å². The number of hydrogen-bond acceptors (Lipinski definition) is 8. The molecular weight excluding hydrogens is 474 g/mol. The molecule has 37 heavy (non-hydrogen) atoms. The average molecular weight is 510 g/mol. The van der Waals surface area contributed by atoms with Gasteiger partial charge in [0.2, 0.25) is 0 Å². The number of rotatable bonds is 10. The van der Waals surface area contributed by atoms with Gasteiger partial charge in [-0.3, -0.25) is 19.5 Å². The summed E-state index contributed by atoms with van der Waals surface area (Å²) in [6, 6.07) is 7.85. The first-order valence-corrected chi connectivity index (χ1v) is 12.7. The zero-order chi connectivity index (χ0) is 26.4. The predicted octanol–water partition coefficient (Wildman–Crippen LogP) is 3.27. The zero-order valence-corrected chi connectivity index (χ0v) is 21.7. The quantitative estimate of drug-likeness (QED) is 0.296. The van der Waals surface area contributed by atoms with E-state index < -0.39 is 17.7 Å². The number of aliphatic hydroxyl groups is 1. The van der Waals surface area contributed by atoms with E-state index in [1.54, 1.807) is 36.3 Å². The van der Waals surface area contributed by atoms with Crippen molar-refractivity contribution in [2.45, 2.75) is 26.3 Å². The number of hydrogen-bond donors (Lipinski definition) is 1. The summed E-state index contributed by atoms with van der Waals surface area (Å²) in [5, 5.41) is 11.2. The summed E-state index contributed by atoms with van der Waals surface area (Å²) < 4.78 is 17.0. The molecule has 198 valence electrons. The van der Waals surface area contributed by atoms with E-state index in [-0.39, 0.29) is 11.3 Å². The summed E-state index contributed by atoms with van der Waals surface area (Å²) in [4.78, 5) is 34.3. The van der Waals surface area contributed by atoms with E-state index in [0.29, 0.717) is 61.5 Å². The predicted molar refractivity (Wildman–Crippen MR) is 138 cm³/mol. The van der Waals surface area contributed by atoms with Crippen LogP contribution in [-0.4, -0.2) is 84.7 Å². The summed E-state index contributed by atoms with van der Waals surface area (Å²) in [6.45, 7) is 8.54. The number of carbonyl (C=O) groups is 2. The molecule has 1 unspecified atom stereocenters. The summed E-state index contributed by atoms with van der Waals surface area (Å²) in [6.07, 6.45) is 3.97. The Kier molecular flexibility index (Phi) is 8.78. The molecule has 1 N–H and O–H groups in total. The van der Waals surface area contributed by atoms with Gasteiger partial charge in [-0.15, -0.1) is 0 Å². The highest BCUT2D eigenvalue weighted by molar-refractivity contribution is 6.46. The fourth-order valence-corrected chi connectivity index (χ4v) is 4.57. The lowest BCUT2D eigenvalue weighted by Crippen LogP contribution is -2.42. The third-order valence-corrected chi connectivity index (χ3v) is 6.71. The van der Waals surface area contributed by atoms with Crippen LogP contribution in [0.1, 0.15) is 37.4 Å². The zero-order valence-electron chi connectivity index (χ0n) is 21.7. The van der Waals surface area contributed by atoms with E-state index in [0.717, 1.165) is 19.5 Å². The van der Waals surface area contributed by atoms with Crippen molar-refractivity contribution in [3.63, 3.8) is 0 Å². The molecule has 3 heterocycles. The third kappa shape index (κ3) is 6.11. The molecule has 4 rings (SSSR count). The Morgan fingerprint density at radius 3 is 2.51 bits per heavy atom. The van der Waals surface area contributed by atoms with E-state index in [4.69, 9.17) is 14.2 Å². The number of methoxy groups -OCH3 is 1. The Morgan fingerprint density at radius 1 is 1.11 bits per heavy atom. The Balaban J connectivity index is 1.71. The molecule has 0 aliphatic carbocycles. The van der Waals surface area contributed by atoms with Crippen LogP contribution in [0.15, 0.2) is 48.3 Å². The summed E-state index contributed by atoms with van der Waals surface area (Å²) in [5.41, 5.74) is 1.13. The van der Waals surface area contributed by atoms with E-state index in [1.807, 2.05) is 6.07 Å². The number of ether oxygens (including phenoxy) is 3. The van der Waals surface area contributed by atoms with Crippen molar-refractivity contribution in [3.8, 4) is 11.5 Å². The maximum absolute atomic E-state index is 13.3. The molecule has 0 spiro atoms. The van der Waals surface area contributed by atoms with E-state index in [1.165, 1.54) is 12.4 Å². The Hall–Kier alpha value is -3.43. The lowest BCUT2D eigenvalue weighted by atomic mass is 9.95. The van der Waals surface area contributed by atoms with Gasteiger partial charge in [0.25, 0.3) is 11.7 Å². The highest BCUT2D eigenvalue weighted by Gasteiger charge is 2.46. The maximum Gasteiger partial charge on any atom is 0.295 e. The van der Waals surface area contributed by atoms with Crippen molar-refractivity contribution < 1.29 is 28.9 Å². The summed E-state index contributed by atoms with van der Waals surface area (Å²) in [7, 11) is 1.56. The molecule has 2 aliphatic rings. The fourth-order valence-electron chi connectivity index (χ4n) is 4.57. The van der Waals surface area contributed by atoms with Gasteiger partial charge in [-0.2, -0.15) is 0 Å². The maximum atomic E-state index is 13.3. The van der Waals surface area contributed by atoms with E-state index in [2.05, 4.69) is 23.7 Å². The van der Waals surface area contributed by atoms with E-state index >= 15 is 0 Å². The molecule has 9 heteroatoms. The van der Waals surface area contributed by atoms with Crippen LogP contribution in [0.2, 0.25) is 0 Å². The number of amides is 1. The van der Waals surface area contributed by atoms with Crippen LogP contribution in [-0.2, 0) is 14.3 Å². The number of aliphatic hydroxyl groups excluding tert-OH is 1. The molecule has 2 saturated heterocycles. The normalized spacial score (nSPS) is 20.0. The molecule has 0 radical (unpaired) electrons. The van der Waals surface area contributed by atoms with Gasteiger partial charge in [0.05, 0.1) is 38.5 Å². The minimum Gasteiger partial charge on any atom is -0.507 e. The minimum atomic E-state index is -0.771.